The van der Waals surface area contributed by atoms with Crippen molar-refractivity contribution in [2.24, 2.45) is 0 Å². The number of aromatic nitrogens is 1. The zero-order valence-electron chi connectivity index (χ0n) is 10.2. The summed E-state index contributed by atoms with van der Waals surface area (Å²) >= 11 is 0. The van der Waals surface area contributed by atoms with Crippen LogP contribution in [-0.4, -0.2) is 22.0 Å². The van der Waals surface area contributed by atoms with Crippen molar-refractivity contribution in [2.45, 2.75) is 24.9 Å². The number of ketones is 1. The van der Waals surface area contributed by atoms with Crippen LogP contribution in [0.2, 0.25) is 0 Å². The minimum Gasteiger partial charge on any atom is -0.388 e. The average molecular weight is 241 g/mol. The first kappa shape index (κ1) is 11.2. The Morgan fingerprint density at radius 2 is 2.17 bits per heavy atom. The third-order valence-corrected chi connectivity index (χ3v) is 3.86. The molecule has 1 aromatic carbocycles. The number of fused-ring (bicyclic) bond motifs is 1. The highest BCUT2D eigenvalue weighted by Gasteiger charge is 2.39. The van der Waals surface area contributed by atoms with Gasteiger partial charge < -0.3 is 10.1 Å². The van der Waals surface area contributed by atoms with E-state index in [9.17, 15) is 9.90 Å². The summed E-state index contributed by atoms with van der Waals surface area (Å²) in [5, 5.41) is 11.3. The van der Waals surface area contributed by atoms with Crippen LogP contribution in [0.15, 0.2) is 42.6 Å². The van der Waals surface area contributed by atoms with Crippen molar-refractivity contribution < 1.29 is 9.90 Å². The fourth-order valence-corrected chi connectivity index (χ4v) is 2.73. The zero-order valence-corrected chi connectivity index (χ0v) is 10.2. The number of aliphatic hydroxyl groups is 1. The Labute approximate surface area is 105 Å². The molecule has 3 heteroatoms. The molecule has 2 atom stereocenters. The van der Waals surface area contributed by atoms with Crippen molar-refractivity contribution >= 4 is 16.7 Å². The SMILES string of the molecule is C[C@@]1(c2c[nH]c3ccccc23)CC(=O)C=C[C@@H]1O. The molecule has 18 heavy (non-hydrogen) atoms. The van der Waals surface area contributed by atoms with E-state index in [2.05, 4.69) is 4.98 Å². The van der Waals surface area contributed by atoms with E-state index in [1.165, 1.54) is 6.08 Å². The predicted molar refractivity (Wildman–Crippen MR) is 70.4 cm³/mol. The Balaban J connectivity index is 2.19. The molecule has 1 aliphatic carbocycles. The second kappa shape index (κ2) is 3.82. The van der Waals surface area contributed by atoms with Crippen LogP contribution in [-0.2, 0) is 10.2 Å². The Kier molecular flexibility index (Phi) is 2.38. The van der Waals surface area contributed by atoms with Crippen LogP contribution < -0.4 is 0 Å². The number of aromatic amines is 1. The van der Waals surface area contributed by atoms with Crippen LogP contribution >= 0.6 is 0 Å². The first-order chi connectivity index (χ1) is 8.61. The number of rotatable bonds is 1. The molecule has 3 nitrogen and oxygen atoms in total. The van der Waals surface area contributed by atoms with Crippen molar-refractivity contribution in [3.63, 3.8) is 0 Å². The second-order valence-electron chi connectivity index (χ2n) is 5.11. The van der Waals surface area contributed by atoms with Gasteiger partial charge in [0.25, 0.3) is 0 Å². The monoisotopic (exact) mass is 241 g/mol. The van der Waals surface area contributed by atoms with Crippen molar-refractivity contribution in [3.8, 4) is 0 Å². The van der Waals surface area contributed by atoms with Crippen LogP contribution in [0.3, 0.4) is 0 Å². The molecule has 0 saturated heterocycles. The summed E-state index contributed by atoms with van der Waals surface area (Å²) in [6.45, 7) is 1.94. The third-order valence-electron chi connectivity index (χ3n) is 3.86. The van der Waals surface area contributed by atoms with Crippen molar-refractivity contribution in [3.05, 3.63) is 48.2 Å². The molecule has 0 radical (unpaired) electrons. The number of carbonyl (C=O) groups is 1. The maximum Gasteiger partial charge on any atom is 0.156 e. The maximum absolute atomic E-state index is 11.6. The van der Waals surface area contributed by atoms with E-state index in [-0.39, 0.29) is 5.78 Å². The van der Waals surface area contributed by atoms with Gasteiger partial charge in [0.15, 0.2) is 5.78 Å². The Bertz CT molecular complexity index is 641. The summed E-state index contributed by atoms with van der Waals surface area (Å²) in [5.41, 5.74) is 1.48. The maximum atomic E-state index is 11.6. The molecule has 2 aromatic rings. The fraction of sp³-hybridized carbons (Fsp3) is 0.267. The van der Waals surface area contributed by atoms with E-state index in [4.69, 9.17) is 0 Å². The Morgan fingerprint density at radius 1 is 1.39 bits per heavy atom. The van der Waals surface area contributed by atoms with Gasteiger partial charge in [-0.2, -0.15) is 0 Å². The van der Waals surface area contributed by atoms with Gasteiger partial charge in [0.1, 0.15) is 0 Å². The van der Waals surface area contributed by atoms with E-state index >= 15 is 0 Å². The predicted octanol–water partition coefficient (Wildman–Crippen LogP) is 2.32. The number of hydrogen-bond acceptors (Lipinski definition) is 2. The lowest BCUT2D eigenvalue weighted by Crippen LogP contribution is -2.39. The van der Waals surface area contributed by atoms with Gasteiger partial charge in [0.2, 0.25) is 0 Å². The summed E-state index contributed by atoms with van der Waals surface area (Å²) in [4.78, 5) is 14.8. The molecule has 3 rings (SSSR count). The highest BCUT2D eigenvalue weighted by molar-refractivity contribution is 5.93. The summed E-state index contributed by atoms with van der Waals surface area (Å²) in [7, 11) is 0. The largest absolute Gasteiger partial charge is 0.388 e. The minimum atomic E-state index is -0.630. The molecule has 0 amide bonds. The van der Waals surface area contributed by atoms with Crippen LogP contribution in [0.4, 0.5) is 0 Å². The fourth-order valence-electron chi connectivity index (χ4n) is 2.73. The first-order valence-corrected chi connectivity index (χ1v) is 6.07. The molecule has 0 aliphatic heterocycles. The smallest absolute Gasteiger partial charge is 0.156 e. The standard InChI is InChI=1S/C15H15NO2/c1-15(8-10(17)6-7-14(15)18)12-9-16-13-5-3-2-4-11(12)13/h2-7,9,14,16,18H,8H2,1H3/t14-,15-/m0/s1. The molecular weight excluding hydrogens is 226 g/mol. The number of allylic oxidation sites excluding steroid dienone is 1. The molecule has 0 unspecified atom stereocenters. The van der Waals surface area contributed by atoms with E-state index in [1.54, 1.807) is 6.08 Å². The lowest BCUT2D eigenvalue weighted by atomic mass is 9.71. The van der Waals surface area contributed by atoms with Gasteiger partial charge in [-0.1, -0.05) is 31.2 Å². The summed E-state index contributed by atoms with van der Waals surface area (Å²) in [5.74, 6) is 0.0630. The number of H-pyrrole nitrogens is 1. The number of nitrogens with one attached hydrogen (secondary N) is 1. The molecule has 0 saturated carbocycles. The van der Waals surface area contributed by atoms with E-state index in [0.717, 1.165) is 16.5 Å². The van der Waals surface area contributed by atoms with Gasteiger partial charge in [-0.25, -0.2) is 0 Å². The topological polar surface area (TPSA) is 53.1 Å². The average Bonchev–Trinajstić information content (AvgIpc) is 2.78. The molecule has 1 aliphatic rings. The number of para-hydroxylation sites is 1. The first-order valence-electron chi connectivity index (χ1n) is 6.07. The summed E-state index contributed by atoms with van der Waals surface area (Å²) < 4.78 is 0. The normalized spacial score (nSPS) is 27.9. The van der Waals surface area contributed by atoms with Crippen LogP contribution in [0, 0.1) is 0 Å². The van der Waals surface area contributed by atoms with Gasteiger partial charge in [0, 0.05) is 28.9 Å². The number of hydrogen-bond donors (Lipinski definition) is 2. The van der Waals surface area contributed by atoms with Crippen LogP contribution in [0.25, 0.3) is 10.9 Å². The van der Waals surface area contributed by atoms with Crippen molar-refractivity contribution in [1.29, 1.82) is 0 Å². The zero-order chi connectivity index (χ0) is 12.8. The molecular formula is C15H15NO2. The number of carbonyl (C=O) groups excluding carboxylic acids is 1. The highest BCUT2D eigenvalue weighted by Crippen LogP contribution is 2.38. The lowest BCUT2D eigenvalue weighted by molar-refractivity contribution is -0.117. The quantitative estimate of drug-likeness (QED) is 0.805. The number of aliphatic hydroxyl groups excluding tert-OH is 1. The Morgan fingerprint density at radius 3 is 3.00 bits per heavy atom. The molecule has 92 valence electrons. The van der Waals surface area contributed by atoms with Crippen molar-refractivity contribution in [1.82, 2.24) is 4.98 Å². The second-order valence-corrected chi connectivity index (χ2v) is 5.11. The van der Waals surface area contributed by atoms with Gasteiger partial charge in [-0.15, -0.1) is 0 Å². The molecule has 0 bridgehead atoms. The van der Waals surface area contributed by atoms with Crippen LogP contribution in [0.1, 0.15) is 18.9 Å². The van der Waals surface area contributed by atoms with Gasteiger partial charge in [-0.3, -0.25) is 4.79 Å². The summed E-state index contributed by atoms with van der Waals surface area (Å²) in [6, 6.07) is 7.94. The molecule has 1 aromatic heterocycles. The molecule has 0 spiro atoms. The van der Waals surface area contributed by atoms with Crippen molar-refractivity contribution in [2.75, 3.05) is 0 Å². The van der Waals surface area contributed by atoms with Gasteiger partial charge >= 0.3 is 0 Å². The third kappa shape index (κ3) is 1.51. The number of benzene rings is 1. The Hall–Kier alpha value is -1.87. The molecule has 1 heterocycles. The molecule has 2 N–H and O–H groups in total. The highest BCUT2D eigenvalue weighted by atomic mass is 16.3. The van der Waals surface area contributed by atoms with E-state index in [0.29, 0.717) is 6.42 Å². The minimum absolute atomic E-state index is 0.0630. The molecule has 0 fully saturated rings. The van der Waals surface area contributed by atoms with Gasteiger partial charge in [0.05, 0.1) is 6.10 Å². The van der Waals surface area contributed by atoms with E-state index in [1.807, 2.05) is 37.4 Å². The summed E-state index contributed by atoms with van der Waals surface area (Å²) in [6.07, 6.45) is 4.68. The van der Waals surface area contributed by atoms with Gasteiger partial charge in [-0.05, 0) is 17.7 Å². The van der Waals surface area contributed by atoms with Crippen LogP contribution in [0.5, 0.6) is 0 Å². The van der Waals surface area contributed by atoms with E-state index < -0.39 is 11.5 Å². The lowest BCUT2D eigenvalue weighted by Gasteiger charge is -2.34.